The molecular weight excluding hydrogens is 358 g/mol. The van der Waals surface area contributed by atoms with Crippen molar-refractivity contribution in [2.45, 2.75) is 32.4 Å². The summed E-state index contributed by atoms with van der Waals surface area (Å²) in [6, 6.07) is 11.3. The van der Waals surface area contributed by atoms with Gasteiger partial charge in [0.2, 0.25) is 11.2 Å². The largest absolute Gasteiger partial charge is 0.497 e. The van der Waals surface area contributed by atoms with Crippen molar-refractivity contribution >= 4 is 11.0 Å². The Morgan fingerprint density at radius 2 is 1.82 bits per heavy atom. The Morgan fingerprint density at radius 1 is 1.07 bits per heavy atom. The third-order valence-corrected chi connectivity index (χ3v) is 5.33. The van der Waals surface area contributed by atoms with Gasteiger partial charge in [-0.2, -0.15) is 0 Å². The summed E-state index contributed by atoms with van der Waals surface area (Å²) in [5.74, 6) is 2.72. The topological polar surface area (TPSA) is 61.1 Å². The number of benzene rings is 2. The summed E-state index contributed by atoms with van der Waals surface area (Å²) in [7, 11) is 1.60. The second kappa shape index (κ2) is 6.56. The second-order valence-electron chi connectivity index (χ2n) is 7.26. The first-order valence-electron chi connectivity index (χ1n) is 9.42. The Kier molecular flexibility index (Phi) is 4.02. The van der Waals surface area contributed by atoms with E-state index in [2.05, 4.69) is 4.90 Å². The van der Waals surface area contributed by atoms with E-state index in [-0.39, 0.29) is 11.2 Å². The highest BCUT2D eigenvalue weighted by Crippen LogP contribution is 2.37. The van der Waals surface area contributed by atoms with E-state index in [1.165, 1.54) is 12.8 Å². The zero-order valence-corrected chi connectivity index (χ0v) is 15.9. The molecule has 1 saturated carbocycles. The molecule has 0 bridgehead atoms. The molecule has 1 aromatic heterocycles. The molecule has 0 atom stereocenters. The van der Waals surface area contributed by atoms with E-state index in [1.54, 1.807) is 44.4 Å². The molecule has 3 aromatic rings. The zero-order chi connectivity index (χ0) is 19.3. The maximum absolute atomic E-state index is 13.1. The van der Waals surface area contributed by atoms with Gasteiger partial charge in [0.05, 0.1) is 18.1 Å². The van der Waals surface area contributed by atoms with Crippen molar-refractivity contribution in [1.29, 1.82) is 0 Å². The van der Waals surface area contributed by atoms with E-state index in [4.69, 9.17) is 18.6 Å². The highest BCUT2D eigenvalue weighted by molar-refractivity contribution is 5.83. The Hall–Kier alpha value is -2.99. The van der Waals surface area contributed by atoms with Crippen LogP contribution >= 0.6 is 0 Å². The summed E-state index contributed by atoms with van der Waals surface area (Å²) in [5, 5.41) is 0.508. The molecule has 1 aliphatic carbocycles. The van der Waals surface area contributed by atoms with Crippen molar-refractivity contribution in [3.8, 4) is 23.0 Å². The highest BCUT2D eigenvalue weighted by atomic mass is 16.5. The first-order valence-corrected chi connectivity index (χ1v) is 9.42. The van der Waals surface area contributed by atoms with Crippen LogP contribution in [0.5, 0.6) is 23.0 Å². The number of hydrogen-bond acceptors (Lipinski definition) is 6. The van der Waals surface area contributed by atoms with Crippen molar-refractivity contribution in [1.82, 2.24) is 4.90 Å². The number of hydrogen-bond donors (Lipinski definition) is 0. The molecule has 0 N–H and O–H groups in total. The molecule has 0 radical (unpaired) electrons. The summed E-state index contributed by atoms with van der Waals surface area (Å²) >= 11 is 0. The van der Waals surface area contributed by atoms with Gasteiger partial charge < -0.3 is 18.6 Å². The summed E-state index contributed by atoms with van der Waals surface area (Å²) in [6.07, 6.45) is 2.40. The van der Waals surface area contributed by atoms with Crippen LogP contribution in [-0.4, -0.2) is 24.8 Å². The molecule has 28 heavy (non-hydrogen) atoms. The molecule has 1 aliphatic heterocycles. The Morgan fingerprint density at radius 3 is 2.54 bits per heavy atom. The number of rotatable bonds is 4. The lowest BCUT2D eigenvalue weighted by molar-refractivity contribution is 0.0885. The number of aryl methyl sites for hydroxylation is 1. The minimum Gasteiger partial charge on any atom is -0.497 e. The lowest BCUT2D eigenvalue weighted by atomic mass is 10.1. The van der Waals surface area contributed by atoms with Crippen molar-refractivity contribution in [2.75, 3.05) is 13.8 Å². The number of methoxy groups -OCH3 is 1. The van der Waals surface area contributed by atoms with E-state index >= 15 is 0 Å². The van der Waals surface area contributed by atoms with Gasteiger partial charge in [-0.15, -0.1) is 0 Å². The van der Waals surface area contributed by atoms with Gasteiger partial charge in [0, 0.05) is 12.6 Å². The maximum Gasteiger partial charge on any atom is 0.235 e. The van der Waals surface area contributed by atoms with Gasteiger partial charge in [-0.05, 0) is 56.2 Å². The highest BCUT2D eigenvalue weighted by Gasteiger charge is 2.33. The maximum atomic E-state index is 13.1. The number of nitrogens with zero attached hydrogens (tertiary/aromatic N) is 1. The summed E-state index contributed by atoms with van der Waals surface area (Å²) in [4.78, 5) is 15.4. The van der Waals surface area contributed by atoms with Gasteiger partial charge in [-0.3, -0.25) is 9.69 Å². The van der Waals surface area contributed by atoms with E-state index in [0.717, 1.165) is 23.6 Å². The Labute approximate surface area is 162 Å². The molecule has 0 unspecified atom stereocenters. The average molecular weight is 379 g/mol. The fourth-order valence-electron chi connectivity index (χ4n) is 3.63. The molecule has 0 saturated heterocycles. The smallest absolute Gasteiger partial charge is 0.235 e. The van der Waals surface area contributed by atoms with Crippen LogP contribution in [-0.2, 0) is 6.54 Å². The van der Waals surface area contributed by atoms with Crippen LogP contribution in [0.1, 0.15) is 24.2 Å². The standard InChI is InChI=1S/C22H21NO5/c1-13-21(28-16-7-5-15(25-2)6-8-16)20(24)17-9-10-19-18(22(17)27-13)11-23(12-26-19)14-3-4-14/h5-10,14H,3-4,11-12H2,1-2H3. The van der Waals surface area contributed by atoms with E-state index < -0.39 is 0 Å². The molecule has 2 aliphatic rings. The van der Waals surface area contributed by atoms with E-state index in [1.807, 2.05) is 6.07 Å². The van der Waals surface area contributed by atoms with Gasteiger partial charge in [-0.1, -0.05) is 0 Å². The normalized spacial score (nSPS) is 16.5. The van der Waals surface area contributed by atoms with Crippen LogP contribution in [0.4, 0.5) is 0 Å². The van der Waals surface area contributed by atoms with Crippen LogP contribution in [0.25, 0.3) is 11.0 Å². The molecular formula is C22H21NO5. The monoisotopic (exact) mass is 379 g/mol. The van der Waals surface area contributed by atoms with Crippen LogP contribution in [0.2, 0.25) is 0 Å². The lowest BCUT2D eigenvalue weighted by Gasteiger charge is -2.29. The average Bonchev–Trinajstić information content (AvgIpc) is 3.56. The van der Waals surface area contributed by atoms with Gasteiger partial charge in [-0.25, -0.2) is 0 Å². The van der Waals surface area contributed by atoms with E-state index in [0.29, 0.717) is 35.3 Å². The Balaban J connectivity index is 1.56. The van der Waals surface area contributed by atoms with Crippen molar-refractivity contribution in [3.05, 3.63) is 57.9 Å². The van der Waals surface area contributed by atoms with Crippen LogP contribution in [0, 0.1) is 6.92 Å². The molecule has 5 rings (SSSR count). The molecule has 0 spiro atoms. The molecule has 2 heterocycles. The summed E-state index contributed by atoms with van der Waals surface area (Å²) in [5.41, 5.74) is 1.35. The van der Waals surface area contributed by atoms with E-state index in [9.17, 15) is 4.79 Å². The quantitative estimate of drug-likeness (QED) is 0.677. The second-order valence-corrected chi connectivity index (χ2v) is 7.26. The van der Waals surface area contributed by atoms with Crippen molar-refractivity contribution in [2.24, 2.45) is 0 Å². The third kappa shape index (κ3) is 2.90. The van der Waals surface area contributed by atoms with Crippen LogP contribution < -0.4 is 19.6 Å². The minimum atomic E-state index is -0.180. The fraction of sp³-hybridized carbons (Fsp3) is 0.318. The molecule has 0 amide bonds. The molecule has 6 nitrogen and oxygen atoms in total. The predicted octanol–water partition coefficient (Wildman–Crippen LogP) is 4.22. The lowest BCUT2D eigenvalue weighted by Crippen LogP contribution is -2.33. The molecule has 6 heteroatoms. The van der Waals surface area contributed by atoms with Gasteiger partial charge >= 0.3 is 0 Å². The van der Waals surface area contributed by atoms with Crippen LogP contribution in [0.15, 0.2) is 45.6 Å². The third-order valence-electron chi connectivity index (χ3n) is 5.33. The first-order chi connectivity index (χ1) is 13.6. The predicted molar refractivity (Wildman–Crippen MR) is 104 cm³/mol. The zero-order valence-electron chi connectivity index (χ0n) is 15.9. The first kappa shape index (κ1) is 17.1. The Bertz CT molecular complexity index is 1100. The molecule has 144 valence electrons. The molecule has 2 aromatic carbocycles. The van der Waals surface area contributed by atoms with Gasteiger partial charge in [0.15, 0.2) is 0 Å². The summed E-state index contributed by atoms with van der Waals surface area (Å²) < 4.78 is 23.0. The van der Waals surface area contributed by atoms with Crippen molar-refractivity contribution in [3.63, 3.8) is 0 Å². The minimum absolute atomic E-state index is 0.180. The number of fused-ring (bicyclic) bond motifs is 3. The SMILES string of the molecule is COc1ccc(Oc2c(C)oc3c4c(ccc3c2=O)OCN(C2CC2)C4)cc1. The molecule has 1 fully saturated rings. The fourth-order valence-corrected chi connectivity index (χ4v) is 3.63. The number of ether oxygens (including phenoxy) is 3. The summed E-state index contributed by atoms with van der Waals surface area (Å²) in [6.45, 7) is 3.07. The van der Waals surface area contributed by atoms with Crippen LogP contribution in [0.3, 0.4) is 0 Å². The van der Waals surface area contributed by atoms with Crippen molar-refractivity contribution < 1.29 is 18.6 Å². The van der Waals surface area contributed by atoms with Gasteiger partial charge in [0.25, 0.3) is 0 Å². The van der Waals surface area contributed by atoms with Gasteiger partial charge in [0.1, 0.15) is 35.3 Å².